The fraction of sp³-hybridized carbons (Fsp3) is 0.0952. The van der Waals surface area contributed by atoms with Crippen molar-refractivity contribution < 1.29 is 22.8 Å². The highest BCUT2D eigenvalue weighted by Crippen LogP contribution is 2.29. The topological polar surface area (TPSA) is 132 Å². The van der Waals surface area contributed by atoms with Crippen LogP contribution >= 0.6 is 0 Å². The molecule has 0 radical (unpaired) electrons. The van der Waals surface area contributed by atoms with E-state index in [1.165, 1.54) is 37.6 Å². The SMILES string of the molecule is COc1ccc(/C=N\Nc2ccc(S(=O)(=O)Nc3ccc(OC)cc3)cc2[N+](=O)[O-])cc1. The number of hydrogen-bond acceptors (Lipinski definition) is 8. The van der Waals surface area contributed by atoms with Crippen LogP contribution in [0, 0.1) is 10.1 Å². The van der Waals surface area contributed by atoms with Gasteiger partial charge in [0.2, 0.25) is 0 Å². The van der Waals surface area contributed by atoms with Crippen molar-refractivity contribution in [1.82, 2.24) is 0 Å². The number of rotatable bonds is 9. The molecule has 0 fully saturated rings. The summed E-state index contributed by atoms with van der Waals surface area (Å²) in [5.41, 5.74) is 3.22. The van der Waals surface area contributed by atoms with Gasteiger partial charge in [0.1, 0.15) is 17.2 Å². The third-order valence-corrected chi connectivity index (χ3v) is 5.71. The summed E-state index contributed by atoms with van der Waals surface area (Å²) in [6.07, 6.45) is 1.47. The number of hydrazone groups is 1. The lowest BCUT2D eigenvalue weighted by atomic mass is 10.2. The molecule has 0 saturated carbocycles. The van der Waals surface area contributed by atoms with Gasteiger partial charge in [-0.25, -0.2) is 8.42 Å². The quantitative estimate of drug-likeness (QED) is 0.284. The first kappa shape index (κ1) is 22.6. The highest BCUT2D eigenvalue weighted by Gasteiger charge is 2.21. The molecule has 0 amide bonds. The Bertz CT molecular complexity index is 1230. The monoisotopic (exact) mass is 456 g/mol. The van der Waals surface area contributed by atoms with Gasteiger partial charge in [0.25, 0.3) is 15.7 Å². The number of nitro groups is 1. The van der Waals surface area contributed by atoms with E-state index in [4.69, 9.17) is 9.47 Å². The predicted octanol–water partition coefficient (Wildman–Crippen LogP) is 3.86. The minimum Gasteiger partial charge on any atom is -0.497 e. The van der Waals surface area contributed by atoms with Crippen LogP contribution < -0.4 is 19.6 Å². The molecule has 11 heteroatoms. The summed E-state index contributed by atoms with van der Waals surface area (Å²) in [6, 6.07) is 16.8. The number of nitro benzene ring substituents is 1. The Labute approximate surface area is 184 Å². The van der Waals surface area contributed by atoms with E-state index in [0.29, 0.717) is 17.2 Å². The molecule has 3 aromatic carbocycles. The van der Waals surface area contributed by atoms with Crippen LogP contribution in [0.4, 0.5) is 17.1 Å². The second kappa shape index (κ2) is 9.79. The molecule has 0 heterocycles. The van der Waals surface area contributed by atoms with Crippen molar-refractivity contribution in [2.45, 2.75) is 4.90 Å². The summed E-state index contributed by atoms with van der Waals surface area (Å²) in [5, 5.41) is 15.5. The molecule has 2 N–H and O–H groups in total. The van der Waals surface area contributed by atoms with Crippen molar-refractivity contribution in [2.75, 3.05) is 24.4 Å². The summed E-state index contributed by atoms with van der Waals surface area (Å²) in [6.45, 7) is 0. The molecular formula is C21H20N4O6S. The van der Waals surface area contributed by atoms with E-state index in [2.05, 4.69) is 15.2 Å². The molecule has 166 valence electrons. The van der Waals surface area contributed by atoms with Crippen LogP contribution in [-0.2, 0) is 10.0 Å². The van der Waals surface area contributed by atoms with Gasteiger partial charge in [0, 0.05) is 11.8 Å². The summed E-state index contributed by atoms with van der Waals surface area (Å²) in [4.78, 5) is 10.6. The lowest BCUT2D eigenvalue weighted by Crippen LogP contribution is -2.13. The van der Waals surface area contributed by atoms with Crippen molar-refractivity contribution in [3.63, 3.8) is 0 Å². The molecule has 10 nitrogen and oxygen atoms in total. The number of sulfonamides is 1. The number of anilines is 2. The molecule has 0 spiro atoms. The van der Waals surface area contributed by atoms with E-state index >= 15 is 0 Å². The number of benzene rings is 3. The average molecular weight is 456 g/mol. The van der Waals surface area contributed by atoms with E-state index in [-0.39, 0.29) is 10.6 Å². The summed E-state index contributed by atoms with van der Waals surface area (Å²) in [7, 11) is -0.998. The van der Waals surface area contributed by atoms with Crippen LogP contribution in [0.25, 0.3) is 0 Å². The Balaban J connectivity index is 1.79. The summed E-state index contributed by atoms with van der Waals surface area (Å²) < 4.78 is 37.8. The Hall–Kier alpha value is -4.12. The molecule has 0 aliphatic rings. The number of ether oxygens (including phenoxy) is 2. The highest BCUT2D eigenvalue weighted by atomic mass is 32.2. The maximum atomic E-state index is 12.7. The third-order valence-electron chi connectivity index (χ3n) is 4.33. The second-order valence-electron chi connectivity index (χ2n) is 6.41. The number of nitrogens with zero attached hydrogens (tertiary/aromatic N) is 2. The zero-order valence-electron chi connectivity index (χ0n) is 17.2. The largest absolute Gasteiger partial charge is 0.497 e. The number of methoxy groups -OCH3 is 2. The maximum Gasteiger partial charge on any atom is 0.295 e. The Morgan fingerprint density at radius 2 is 1.53 bits per heavy atom. The molecule has 32 heavy (non-hydrogen) atoms. The first-order valence-electron chi connectivity index (χ1n) is 9.21. The molecular weight excluding hydrogens is 436 g/mol. The Morgan fingerprint density at radius 1 is 0.938 bits per heavy atom. The average Bonchev–Trinajstić information content (AvgIpc) is 2.79. The van der Waals surface area contributed by atoms with E-state index in [1.807, 2.05) is 0 Å². The van der Waals surface area contributed by atoms with Crippen molar-refractivity contribution in [1.29, 1.82) is 0 Å². The normalized spacial score (nSPS) is 11.2. The molecule has 3 rings (SSSR count). The summed E-state index contributed by atoms with van der Waals surface area (Å²) >= 11 is 0. The molecule has 0 aliphatic heterocycles. The van der Waals surface area contributed by atoms with Crippen LogP contribution in [-0.4, -0.2) is 33.8 Å². The van der Waals surface area contributed by atoms with Crippen LogP contribution in [0.15, 0.2) is 76.7 Å². The summed E-state index contributed by atoms with van der Waals surface area (Å²) in [5.74, 6) is 1.25. The highest BCUT2D eigenvalue weighted by molar-refractivity contribution is 7.92. The number of nitrogens with one attached hydrogen (secondary N) is 2. The van der Waals surface area contributed by atoms with Crippen molar-refractivity contribution in [3.8, 4) is 11.5 Å². The fourth-order valence-electron chi connectivity index (χ4n) is 2.66. The zero-order chi connectivity index (χ0) is 23.1. The second-order valence-corrected chi connectivity index (χ2v) is 8.10. The minimum atomic E-state index is -4.05. The van der Waals surface area contributed by atoms with E-state index in [0.717, 1.165) is 11.6 Å². The molecule has 0 unspecified atom stereocenters. The van der Waals surface area contributed by atoms with Gasteiger partial charge in [-0.15, -0.1) is 0 Å². The van der Waals surface area contributed by atoms with Crippen LogP contribution in [0.3, 0.4) is 0 Å². The first-order chi connectivity index (χ1) is 15.3. The molecule has 0 atom stereocenters. The first-order valence-corrected chi connectivity index (χ1v) is 10.7. The van der Waals surface area contributed by atoms with Gasteiger partial charge >= 0.3 is 0 Å². The minimum absolute atomic E-state index is 0.0446. The predicted molar refractivity (Wildman–Crippen MR) is 121 cm³/mol. The Kier molecular flexibility index (Phi) is 6.90. The standard InChI is InChI=1S/C21H20N4O6S/c1-30-17-7-3-15(4-8-17)14-22-23-20-12-11-19(13-21(20)25(26)27)32(28,29)24-16-5-9-18(31-2)10-6-16/h3-14,23-24H,1-2H3/b22-14-. The maximum absolute atomic E-state index is 12.7. The fourth-order valence-corrected chi connectivity index (χ4v) is 3.74. The van der Waals surface area contributed by atoms with Crippen LogP contribution in [0.2, 0.25) is 0 Å². The van der Waals surface area contributed by atoms with Crippen molar-refractivity contribution >= 4 is 33.3 Å². The lowest BCUT2D eigenvalue weighted by molar-refractivity contribution is -0.384. The van der Waals surface area contributed by atoms with Gasteiger partial charge in [0.05, 0.1) is 30.3 Å². The van der Waals surface area contributed by atoms with Gasteiger partial charge < -0.3 is 9.47 Å². The van der Waals surface area contributed by atoms with Gasteiger partial charge in [0.15, 0.2) is 0 Å². The lowest BCUT2D eigenvalue weighted by Gasteiger charge is -2.10. The van der Waals surface area contributed by atoms with E-state index in [1.54, 1.807) is 43.5 Å². The van der Waals surface area contributed by atoms with Gasteiger partial charge in [-0.05, 0) is 66.2 Å². The van der Waals surface area contributed by atoms with E-state index < -0.39 is 20.6 Å². The zero-order valence-corrected chi connectivity index (χ0v) is 18.0. The van der Waals surface area contributed by atoms with E-state index in [9.17, 15) is 18.5 Å². The van der Waals surface area contributed by atoms with Gasteiger partial charge in [-0.1, -0.05) is 0 Å². The molecule has 0 aromatic heterocycles. The molecule has 0 bridgehead atoms. The third kappa shape index (κ3) is 5.52. The molecule has 0 saturated heterocycles. The van der Waals surface area contributed by atoms with Crippen LogP contribution in [0.1, 0.15) is 5.56 Å². The van der Waals surface area contributed by atoms with Gasteiger partial charge in [-0.2, -0.15) is 5.10 Å². The smallest absolute Gasteiger partial charge is 0.295 e. The van der Waals surface area contributed by atoms with Crippen molar-refractivity contribution in [3.05, 3.63) is 82.4 Å². The molecule has 3 aromatic rings. The number of hydrogen-bond donors (Lipinski definition) is 2. The van der Waals surface area contributed by atoms with Gasteiger partial charge in [-0.3, -0.25) is 20.3 Å². The van der Waals surface area contributed by atoms with Crippen LogP contribution in [0.5, 0.6) is 11.5 Å². The Morgan fingerprint density at radius 3 is 2.09 bits per heavy atom. The van der Waals surface area contributed by atoms with Crippen molar-refractivity contribution in [2.24, 2.45) is 5.10 Å². The molecule has 0 aliphatic carbocycles.